The minimum atomic E-state index is 0.756. The highest BCUT2D eigenvalue weighted by Crippen LogP contribution is 2.37. The number of benzene rings is 5. The van der Waals surface area contributed by atoms with Crippen LogP contribution in [0.4, 0.5) is 17.1 Å². The maximum absolute atomic E-state index is 5.26. The van der Waals surface area contributed by atoms with Gasteiger partial charge >= 0.3 is 0 Å². The number of hydrogen-bond acceptors (Lipinski definition) is 2. The Bertz CT molecular complexity index is 1930. The van der Waals surface area contributed by atoms with Crippen LogP contribution in [0.1, 0.15) is 12.5 Å². The highest BCUT2D eigenvalue weighted by Gasteiger charge is 2.28. The maximum Gasteiger partial charge on any atom is 0.0725 e. The summed E-state index contributed by atoms with van der Waals surface area (Å²) >= 11 is 0. The van der Waals surface area contributed by atoms with Crippen LogP contribution in [0.2, 0.25) is 0 Å². The first-order chi connectivity index (χ1) is 20.3. The Morgan fingerprint density at radius 1 is 0.634 bits per heavy atom. The van der Waals surface area contributed by atoms with Crippen LogP contribution in [-0.2, 0) is 0 Å². The Morgan fingerprint density at radius 3 is 1.90 bits per heavy atom. The van der Waals surface area contributed by atoms with Crippen LogP contribution in [0, 0.1) is 0 Å². The molecule has 1 aliphatic carbocycles. The molecular formula is C39H30N2. The zero-order valence-corrected chi connectivity index (χ0v) is 23.0. The third-order valence-electron chi connectivity index (χ3n) is 7.82. The van der Waals surface area contributed by atoms with Crippen molar-refractivity contribution < 1.29 is 0 Å². The number of fused-ring (bicyclic) bond motifs is 2. The van der Waals surface area contributed by atoms with E-state index < -0.39 is 0 Å². The minimum Gasteiger partial charge on any atom is -0.336 e. The van der Waals surface area contributed by atoms with Gasteiger partial charge in [-0.2, -0.15) is 0 Å². The molecule has 1 aliphatic heterocycles. The smallest absolute Gasteiger partial charge is 0.0725 e. The molecule has 0 saturated heterocycles. The number of hydrogen-bond donors (Lipinski definition) is 0. The molecule has 5 aromatic rings. The summed E-state index contributed by atoms with van der Waals surface area (Å²) in [4.78, 5) is 7.72. The van der Waals surface area contributed by atoms with Gasteiger partial charge in [0.2, 0.25) is 0 Å². The molecule has 0 saturated carbocycles. The summed E-state index contributed by atoms with van der Waals surface area (Å²) in [7, 11) is 0. The maximum atomic E-state index is 5.26. The monoisotopic (exact) mass is 526 g/mol. The van der Waals surface area contributed by atoms with Gasteiger partial charge < -0.3 is 4.90 Å². The van der Waals surface area contributed by atoms with Crippen molar-refractivity contribution in [1.29, 1.82) is 0 Å². The molecule has 0 fully saturated rings. The molecule has 7 rings (SSSR count). The molecule has 5 aromatic carbocycles. The number of para-hydroxylation sites is 2. The largest absolute Gasteiger partial charge is 0.336 e. The molecule has 0 atom stereocenters. The predicted octanol–water partition coefficient (Wildman–Crippen LogP) is 8.25. The fourth-order valence-corrected chi connectivity index (χ4v) is 5.88. The van der Waals surface area contributed by atoms with Crippen LogP contribution in [0.5, 0.6) is 0 Å². The van der Waals surface area contributed by atoms with E-state index in [0.717, 1.165) is 17.9 Å². The topological polar surface area (TPSA) is 15.6 Å². The van der Waals surface area contributed by atoms with Crippen LogP contribution in [0.25, 0.3) is 28.3 Å². The second-order valence-electron chi connectivity index (χ2n) is 10.4. The van der Waals surface area contributed by atoms with Crippen molar-refractivity contribution in [2.24, 2.45) is 4.99 Å². The number of nitrogens with zero attached hydrogens (tertiary/aromatic N) is 2. The van der Waals surface area contributed by atoms with Gasteiger partial charge in [0.25, 0.3) is 0 Å². The lowest BCUT2D eigenvalue weighted by Crippen LogP contribution is -2.42. The van der Waals surface area contributed by atoms with Crippen LogP contribution in [-0.4, -0.2) is 12.3 Å². The molecule has 0 unspecified atom stereocenters. The summed E-state index contributed by atoms with van der Waals surface area (Å²) in [5, 5.41) is 2.44. The van der Waals surface area contributed by atoms with E-state index in [0.29, 0.717) is 0 Å². The standard InChI is InChI=1S/C39H30N2/c1-2-28-23-32(30-17-9-4-10-18-30)26-37-39(28)38-33(27-41(37)35-21-13-6-14-22-35)24-31(29-15-7-3-8-16-29)25-36(38)40-34-19-11-5-12-20-34/h2-26H,27H2,1H3/b28-2-,40-36+. The fourth-order valence-electron chi connectivity index (χ4n) is 5.88. The Hall–Kier alpha value is -5.21. The van der Waals surface area contributed by atoms with Crippen LogP contribution >= 0.6 is 0 Å². The van der Waals surface area contributed by atoms with Crippen molar-refractivity contribution in [3.63, 3.8) is 0 Å². The van der Waals surface area contributed by atoms with Crippen molar-refractivity contribution in [3.05, 3.63) is 167 Å². The summed E-state index contributed by atoms with van der Waals surface area (Å²) in [6.45, 7) is 2.89. The Kier molecular flexibility index (Phi) is 6.50. The van der Waals surface area contributed by atoms with E-state index in [9.17, 15) is 0 Å². The molecule has 2 nitrogen and oxygen atoms in total. The number of aliphatic imine (C=N–C) groups is 1. The zero-order chi connectivity index (χ0) is 27.6. The summed E-state index contributed by atoms with van der Waals surface area (Å²) < 4.78 is 0. The van der Waals surface area contributed by atoms with Crippen molar-refractivity contribution in [2.75, 3.05) is 11.4 Å². The minimum absolute atomic E-state index is 0.756. The zero-order valence-electron chi connectivity index (χ0n) is 23.0. The average molecular weight is 527 g/mol. The lowest BCUT2D eigenvalue weighted by molar-refractivity contribution is 1.04. The summed E-state index contributed by atoms with van der Waals surface area (Å²) in [6, 6.07) is 47.0. The van der Waals surface area contributed by atoms with Gasteiger partial charge in [0.1, 0.15) is 0 Å². The lowest BCUT2D eigenvalue weighted by atomic mass is 9.84. The summed E-state index contributed by atoms with van der Waals surface area (Å²) in [5.41, 5.74) is 11.6. The quantitative estimate of drug-likeness (QED) is 0.230. The van der Waals surface area contributed by atoms with Gasteiger partial charge in [-0.05, 0) is 88.5 Å². The molecule has 0 bridgehead atoms. The average Bonchev–Trinajstić information content (AvgIpc) is 3.05. The van der Waals surface area contributed by atoms with Gasteiger partial charge in [0.15, 0.2) is 0 Å². The van der Waals surface area contributed by atoms with Gasteiger partial charge in [-0.3, -0.25) is 0 Å². The molecule has 1 heterocycles. The van der Waals surface area contributed by atoms with E-state index in [4.69, 9.17) is 4.99 Å². The van der Waals surface area contributed by atoms with E-state index in [-0.39, 0.29) is 0 Å². The summed E-state index contributed by atoms with van der Waals surface area (Å²) in [5.74, 6) is 0. The first-order valence-corrected chi connectivity index (χ1v) is 14.1. The van der Waals surface area contributed by atoms with Crippen molar-refractivity contribution in [1.82, 2.24) is 0 Å². The molecule has 0 radical (unpaired) electrons. The Balaban J connectivity index is 1.57. The van der Waals surface area contributed by atoms with Crippen LogP contribution < -0.4 is 15.3 Å². The van der Waals surface area contributed by atoms with E-state index in [1.807, 2.05) is 6.07 Å². The molecule has 2 heteroatoms. The molecule has 0 amide bonds. The molecule has 41 heavy (non-hydrogen) atoms. The molecule has 0 N–H and O–H groups in total. The van der Waals surface area contributed by atoms with Gasteiger partial charge in [-0.15, -0.1) is 0 Å². The van der Waals surface area contributed by atoms with E-state index >= 15 is 0 Å². The number of rotatable bonds is 4. The Labute approximate surface area is 241 Å². The van der Waals surface area contributed by atoms with Gasteiger partial charge in [-0.25, -0.2) is 4.99 Å². The number of anilines is 2. The third kappa shape index (κ3) is 4.74. The highest BCUT2D eigenvalue weighted by atomic mass is 15.1. The predicted molar refractivity (Wildman–Crippen MR) is 174 cm³/mol. The number of allylic oxidation sites excluding steroid dienone is 3. The second kappa shape index (κ2) is 10.7. The third-order valence-corrected chi connectivity index (χ3v) is 7.82. The molecule has 0 spiro atoms. The first-order valence-electron chi connectivity index (χ1n) is 14.1. The molecule has 196 valence electrons. The molecular weight excluding hydrogens is 496 g/mol. The van der Waals surface area contributed by atoms with Crippen molar-refractivity contribution in [2.45, 2.75) is 6.92 Å². The second-order valence-corrected chi connectivity index (χ2v) is 10.4. The van der Waals surface area contributed by atoms with E-state index in [1.165, 1.54) is 55.2 Å². The Morgan fingerprint density at radius 2 is 1.24 bits per heavy atom. The van der Waals surface area contributed by atoms with Crippen LogP contribution in [0.15, 0.2) is 156 Å². The van der Waals surface area contributed by atoms with Crippen molar-refractivity contribution in [3.8, 4) is 11.1 Å². The fraction of sp³-hybridized carbons (Fsp3) is 0.0513. The van der Waals surface area contributed by atoms with Gasteiger partial charge in [0, 0.05) is 23.0 Å². The highest BCUT2D eigenvalue weighted by molar-refractivity contribution is 6.34. The first kappa shape index (κ1) is 24.8. The van der Waals surface area contributed by atoms with E-state index in [1.54, 1.807) is 0 Å². The lowest BCUT2D eigenvalue weighted by Gasteiger charge is -2.35. The normalized spacial score (nSPS) is 15.7. The van der Waals surface area contributed by atoms with Gasteiger partial charge in [-0.1, -0.05) is 103 Å². The van der Waals surface area contributed by atoms with Gasteiger partial charge in [0.05, 0.1) is 17.1 Å². The van der Waals surface area contributed by atoms with E-state index in [2.05, 4.69) is 157 Å². The summed E-state index contributed by atoms with van der Waals surface area (Å²) in [6.07, 6.45) is 6.85. The van der Waals surface area contributed by atoms with Crippen LogP contribution in [0.3, 0.4) is 0 Å². The SMILES string of the molecule is C/C=c1/cc(-c2ccccc2)cc2c1=C1C(=CC(c3ccccc3)=C/C1=N\c1ccccc1)CN2c1ccccc1. The molecule has 0 aromatic heterocycles. The van der Waals surface area contributed by atoms with Crippen molar-refractivity contribution >= 4 is 40.0 Å². The molecule has 2 aliphatic rings.